The molecule has 0 aliphatic heterocycles. The molecule has 7 heteroatoms. The average Bonchev–Trinajstić information content (AvgIpc) is 2.87. The van der Waals surface area contributed by atoms with Gasteiger partial charge in [0.15, 0.2) is 12.3 Å². The van der Waals surface area contributed by atoms with E-state index in [1.807, 2.05) is 6.07 Å². The summed E-state index contributed by atoms with van der Waals surface area (Å²) >= 11 is 0. The van der Waals surface area contributed by atoms with Crippen molar-refractivity contribution in [2.75, 3.05) is 6.61 Å². The largest absolute Gasteiger partial charge is 0.451 e. The van der Waals surface area contributed by atoms with Gasteiger partial charge in [-0.15, -0.1) is 0 Å². The van der Waals surface area contributed by atoms with Gasteiger partial charge in [-0.3, -0.25) is 9.59 Å². The molecule has 4 fully saturated rings. The van der Waals surface area contributed by atoms with E-state index in [2.05, 4.69) is 17.3 Å². The summed E-state index contributed by atoms with van der Waals surface area (Å²) in [6.07, 6.45) is 7.63. The van der Waals surface area contributed by atoms with Gasteiger partial charge in [-0.05, 0) is 86.8 Å². The first-order valence-electron chi connectivity index (χ1n) is 13.0. The summed E-state index contributed by atoms with van der Waals surface area (Å²) in [4.78, 5) is 38.9. The van der Waals surface area contributed by atoms with Crippen LogP contribution in [0, 0.1) is 23.2 Å². The first-order valence-corrected chi connectivity index (χ1v) is 13.0. The third-order valence-electron chi connectivity index (χ3n) is 8.72. The van der Waals surface area contributed by atoms with Crippen molar-refractivity contribution in [3.63, 3.8) is 0 Å². The minimum absolute atomic E-state index is 0.0102. The SMILES string of the molecule is CC(NC(=O)COC(=O)c1nn(-c2ccccc2)c(=O)c2ccccc12)C12CC3CC(CC(C3)C1)C2. The third-order valence-corrected chi connectivity index (χ3v) is 8.72. The number of para-hydroxylation sites is 1. The first kappa shape index (κ1) is 23.0. The molecule has 1 unspecified atom stereocenters. The summed E-state index contributed by atoms with van der Waals surface area (Å²) in [7, 11) is 0. The van der Waals surface area contributed by atoms with Gasteiger partial charge in [-0.1, -0.05) is 36.4 Å². The predicted octanol–water partition coefficient (Wildman–Crippen LogP) is 4.26. The first-order chi connectivity index (χ1) is 17.4. The molecule has 1 N–H and O–H groups in total. The summed E-state index contributed by atoms with van der Waals surface area (Å²) in [6.45, 7) is 1.73. The predicted molar refractivity (Wildman–Crippen MR) is 136 cm³/mol. The molecule has 7 rings (SSSR count). The highest BCUT2D eigenvalue weighted by molar-refractivity contribution is 6.02. The fourth-order valence-corrected chi connectivity index (χ4v) is 7.43. The van der Waals surface area contributed by atoms with Gasteiger partial charge in [0.25, 0.3) is 11.5 Å². The number of ether oxygens (including phenoxy) is 1. The zero-order valence-corrected chi connectivity index (χ0v) is 20.5. The van der Waals surface area contributed by atoms with Crippen LogP contribution >= 0.6 is 0 Å². The molecule has 7 nitrogen and oxygen atoms in total. The monoisotopic (exact) mass is 485 g/mol. The van der Waals surface area contributed by atoms with E-state index in [1.54, 1.807) is 48.5 Å². The van der Waals surface area contributed by atoms with Crippen molar-refractivity contribution in [2.24, 2.45) is 23.2 Å². The van der Waals surface area contributed by atoms with Gasteiger partial charge in [0.1, 0.15) is 0 Å². The second-order valence-corrected chi connectivity index (χ2v) is 11.1. The number of rotatable bonds is 6. The van der Waals surface area contributed by atoms with Crippen LogP contribution in [0.3, 0.4) is 0 Å². The lowest BCUT2D eigenvalue weighted by molar-refractivity contribution is -0.128. The second-order valence-electron chi connectivity index (χ2n) is 11.1. The van der Waals surface area contributed by atoms with Gasteiger partial charge in [0.05, 0.1) is 11.1 Å². The van der Waals surface area contributed by atoms with E-state index in [9.17, 15) is 14.4 Å². The standard InChI is InChI=1S/C29H31N3O4/c1-18(29-14-19-11-20(15-29)13-21(12-19)16-29)30-25(33)17-36-28(35)26-23-9-5-6-10-24(23)27(34)32(31-26)22-7-3-2-4-8-22/h2-10,18-21H,11-17H2,1H3,(H,30,33). The molecule has 4 aliphatic rings. The Hall–Kier alpha value is -3.48. The molecule has 36 heavy (non-hydrogen) atoms. The summed E-state index contributed by atoms with van der Waals surface area (Å²) < 4.78 is 6.62. The molecule has 4 aliphatic carbocycles. The number of nitrogens with one attached hydrogen (secondary N) is 1. The van der Waals surface area contributed by atoms with Crippen LogP contribution in [-0.4, -0.2) is 34.3 Å². The van der Waals surface area contributed by atoms with Crippen LogP contribution in [0.1, 0.15) is 55.9 Å². The maximum absolute atomic E-state index is 13.1. The van der Waals surface area contributed by atoms with Crippen molar-refractivity contribution >= 4 is 22.6 Å². The molecule has 1 heterocycles. The Morgan fingerprint density at radius 2 is 1.56 bits per heavy atom. The number of hydrogen-bond donors (Lipinski definition) is 1. The number of hydrogen-bond acceptors (Lipinski definition) is 5. The van der Waals surface area contributed by atoms with Crippen molar-refractivity contribution in [1.82, 2.24) is 15.1 Å². The zero-order valence-electron chi connectivity index (χ0n) is 20.5. The number of benzene rings is 2. The van der Waals surface area contributed by atoms with Gasteiger partial charge >= 0.3 is 5.97 Å². The van der Waals surface area contributed by atoms with Crippen molar-refractivity contribution < 1.29 is 14.3 Å². The number of fused-ring (bicyclic) bond motifs is 1. The lowest BCUT2D eigenvalue weighted by atomic mass is 9.48. The van der Waals surface area contributed by atoms with Gasteiger partial charge < -0.3 is 10.1 Å². The highest BCUT2D eigenvalue weighted by atomic mass is 16.5. The highest BCUT2D eigenvalue weighted by Crippen LogP contribution is 2.61. The Balaban J connectivity index is 1.18. The highest BCUT2D eigenvalue weighted by Gasteiger charge is 2.53. The fraction of sp³-hybridized carbons (Fsp3) is 0.448. The molecule has 0 saturated heterocycles. The molecular weight excluding hydrogens is 454 g/mol. The number of amides is 1. The van der Waals surface area contributed by atoms with Crippen LogP contribution in [0.25, 0.3) is 16.5 Å². The lowest BCUT2D eigenvalue weighted by Gasteiger charge is -2.59. The van der Waals surface area contributed by atoms with Crippen molar-refractivity contribution in [3.05, 3.63) is 70.6 Å². The van der Waals surface area contributed by atoms with Crippen LogP contribution in [0.15, 0.2) is 59.4 Å². The van der Waals surface area contributed by atoms with Gasteiger partial charge in [-0.25, -0.2) is 4.79 Å². The third kappa shape index (κ3) is 4.00. The minimum atomic E-state index is -0.728. The van der Waals surface area contributed by atoms with Crippen molar-refractivity contribution in [1.29, 1.82) is 0 Å². The minimum Gasteiger partial charge on any atom is -0.451 e. The molecular formula is C29H31N3O4. The molecule has 2 aromatic carbocycles. The fourth-order valence-electron chi connectivity index (χ4n) is 7.43. The molecule has 1 atom stereocenters. The maximum Gasteiger partial charge on any atom is 0.359 e. The smallest absolute Gasteiger partial charge is 0.359 e. The lowest BCUT2D eigenvalue weighted by Crippen LogP contribution is -2.56. The number of carbonyl (C=O) groups is 2. The normalized spacial score (nSPS) is 27.1. The molecule has 1 amide bonds. The van der Waals surface area contributed by atoms with Gasteiger partial charge in [0.2, 0.25) is 0 Å². The van der Waals surface area contributed by atoms with E-state index in [0.29, 0.717) is 16.5 Å². The molecule has 3 aromatic rings. The molecule has 0 spiro atoms. The van der Waals surface area contributed by atoms with Gasteiger partial charge in [0, 0.05) is 11.4 Å². The number of carbonyl (C=O) groups excluding carboxylic acids is 2. The quantitative estimate of drug-likeness (QED) is 0.527. The summed E-state index contributed by atoms with van der Waals surface area (Å²) in [5.74, 6) is 1.37. The van der Waals surface area contributed by atoms with E-state index < -0.39 is 5.97 Å². The molecule has 4 saturated carbocycles. The van der Waals surface area contributed by atoms with Crippen LogP contribution in [-0.2, 0) is 9.53 Å². The van der Waals surface area contributed by atoms with E-state index in [1.165, 1.54) is 43.2 Å². The van der Waals surface area contributed by atoms with E-state index in [4.69, 9.17) is 4.74 Å². The summed E-state index contributed by atoms with van der Waals surface area (Å²) in [6, 6.07) is 15.8. The van der Waals surface area contributed by atoms with Crippen LogP contribution in [0.5, 0.6) is 0 Å². The zero-order chi connectivity index (χ0) is 24.9. The van der Waals surface area contributed by atoms with Gasteiger partial charge in [-0.2, -0.15) is 9.78 Å². The van der Waals surface area contributed by atoms with Crippen LogP contribution in [0.2, 0.25) is 0 Å². The Morgan fingerprint density at radius 3 is 2.19 bits per heavy atom. The maximum atomic E-state index is 13.1. The molecule has 4 bridgehead atoms. The van der Waals surface area contributed by atoms with Crippen LogP contribution < -0.4 is 10.9 Å². The molecule has 1 aromatic heterocycles. The number of aromatic nitrogens is 2. The van der Waals surface area contributed by atoms with Crippen LogP contribution in [0.4, 0.5) is 0 Å². The summed E-state index contributed by atoms with van der Waals surface area (Å²) in [5, 5.41) is 8.24. The Bertz CT molecular complexity index is 1340. The van der Waals surface area contributed by atoms with E-state index in [-0.39, 0.29) is 35.2 Å². The topological polar surface area (TPSA) is 90.3 Å². The molecule has 186 valence electrons. The summed E-state index contributed by atoms with van der Waals surface area (Å²) in [5.41, 5.74) is 0.410. The van der Waals surface area contributed by atoms with Crippen molar-refractivity contribution in [3.8, 4) is 5.69 Å². The number of esters is 1. The average molecular weight is 486 g/mol. The number of nitrogens with zero attached hydrogens (tertiary/aromatic N) is 2. The Morgan fingerprint density at radius 1 is 0.972 bits per heavy atom. The second kappa shape index (κ2) is 8.87. The molecule has 0 radical (unpaired) electrons. The van der Waals surface area contributed by atoms with E-state index >= 15 is 0 Å². The van der Waals surface area contributed by atoms with Crippen molar-refractivity contribution in [2.45, 2.75) is 51.5 Å². The Kier molecular flexibility index (Phi) is 5.66. The Labute approximate surface area is 209 Å². The van der Waals surface area contributed by atoms with E-state index in [0.717, 1.165) is 17.8 Å².